The van der Waals surface area contributed by atoms with Crippen molar-refractivity contribution in [1.29, 1.82) is 0 Å². The lowest BCUT2D eigenvalue weighted by molar-refractivity contribution is 0.306. The van der Waals surface area contributed by atoms with E-state index in [0.717, 1.165) is 0 Å². The van der Waals surface area contributed by atoms with Crippen molar-refractivity contribution in [2.24, 2.45) is 11.7 Å². The zero-order chi connectivity index (χ0) is 12.5. The van der Waals surface area contributed by atoms with Crippen molar-refractivity contribution in [3.63, 3.8) is 0 Å². The van der Waals surface area contributed by atoms with Gasteiger partial charge in [0.25, 0.3) is 0 Å². The molecule has 1 aromatic rings. The molecule has 0 spiro atoms. The summed E-state index contributed by atoms with van der Waals surface area (Å²) < 4.78 is 2.40. The molecule has 1 fully saturated rings. The molecule has 0 amide bonds. The molecule has 0 radical (unpaired) electrons. The Labute approximate surface area is 104 Å². The van der Waals surface area contributed by atoms with Crippen LogP contribution < -0.4 is 5.73 Å². The largest absolute Gasteiger partial charge is 0.330 e. The minimum Gasteiger partial charge on any atom is -0.330 e. The van der Waals surface area contributed by atoms with Crippen LogP contribution in [0.5, 0.6) is 0 Å². The van der Waals surface area contributed by atoms with Gasteiger partial charge in [-0.2, -0.15) is 0 Å². The van der Waals surface area contributed by atoms with E-state index in [2.05, 4.69) is 30.3 Å². The summed E-state index contributed by atoms with van der Waals surface area (Å²) in [5.74, 6) is 0.996. The van der Waals surface area contributed by atoms with E-state index in [1.165, 1.54) is 31.4 Å². The van der Waals surface area contributed by atoms with Crippen molar-refractivity contribution in [3.8, 4) is 0 Å². The second kappa shape index (κ2) is 4.81. The molecule has 2 rings (SSSR count). The van der Waals surface area contributed by atoms with Crippen molar-refractivity contribution in [3.05, 3.63) is 18.2 Å². The Morgan fingerprint density at radius 1 is 1.41 bits per heavy atom. The number of hydrogen-bond donors (Lipinski definition) is 1. The molecule has 1 aliphatic carbocycles. The number of hydrogen-bond acceptors (Lipinski definition) is 2. The Morgan fingerprint density at radius 3 is 2.59 bits per heavy atom. The third kappa shape index (κ3) is 2.25. The summed E-state index contributed by atoms with van der Waals surface area (Å²) in [4.78, 5) is 4.37. The monoisotopic (exact) mass is 235 g/mol. The topological polar surface area (TPSA) is 43.8 Å². The fourth-order valence-corrected chi connectivity index (χ4v) is 3.14. The van der Waals surface area contributed by atoms with Crippen LogP contribution in [-0.4, -0.2) is 16.1 Å². The number of aromatic nitrogens is 2. The average molecular weight is 235 g/mol. The highest BCUT2D eigenvalue weighted by molar-refractivity contribution is 5.12. The molecule has 0 aliphatic heterocycles. The summed E-state index contributed by atoms with van der Waals surface area (Å²) in [7, 11) is 0. The van der Waals surface area contributed by atoms with Gasteiger partial charge in [0.1, 0.15) is 0 Å². The molecule has 1 aliphatic rings. The second-order valence-corrected chi connectivity index (χ2v) is 5.98. The maximum absolute atomic E-state index is 5.93. The summed E-state index contributed by atoms with van der Waals surface area (Å²) in [6.45, 7) is 7.55. The molecule has 0 aromatic carbocycles. The lowest BCUT2D eigenvalue weighted by Gasteiger charge is -2.31. The van der Waals surface area contributed by atoms with Crippen LogP contribution in [0.2, 0.25) is 0 Å². The van der Waals surface area contributed by atoms with Gasteiger partial charge in [0.2, 0.25) is 0 Å². The Morgan fingerprint density at radius 2 is 2.06 bits per heavy atom. The van der Waals surface area contributed by atoms with Gasteiger partial charge in [-0.15, -0.1) is 0 Å². The molecular weight excluding hydrogens is 210 g/mol. The number of nitrogens with zero attached hydrogens (tertiary/aromatic N) is 2. The van der Waals surface area contributed by atoms with Gasteiger partial charge in [0.15, 0.2) is 0 Å². The maximum atomic E-state index is 5.93. The lowest BCUT2D eigenvalue weighted by Crippen LogP contribution is -2.31. The highest BCUT2D eigenvalue weighted by atomic mass is 15.1. The third-order valence-electron chi connectivity index (χ3n) is 4.37. The molecule has 3 nitrogen and oxygen atoms in total. The molecule has 3 heteroatoms. The van der Waals surface area contributed by atoms with Crippen LogP contribution >= 0.6 is 0 Å². The average Bonchev–Trinajstić information content (AvgIpc) is 2.88. The molecule has 0 saturated heterocycles. The van der Waals surface area contributed by atoms with Crippen molar-refractivity contribution in [2.75, 3.05) is 6.54 Å². The molecule has 1 saturated carbocycles. The first-order valence-corrected chi connectivity index (χ1v) is 6.81. The Hall–Kier alpha value is -0.830. The number of rotatable bonds is 4. The number of imidazole rings is 1. The highest BCUT2D eigenvalue weighted by Crippen LogP contribution is 2.38. The fourth-order valence-electron chi connectivity index (χ4n) is 3.14. The quantitative estimate of drug-likeness (QED) is 0.872. The van der Waals surface area contributed by atoms with Crippen molar-refractivity contribution >= 4 is 0 Å². The lowest BCUT2D eigenvalue weighted by atomic mass is 9.91. The maximum Gasteiger partial charge on any atom is 0.0953 e. The van der Waals surface area contributed by atoms with Crippen LogP contribution in [0.15, 0.2) is 12.5 Å². The molecule has 1 unspecified atom stereocenters. The van der Waals surface area contributed by atoms with Gasteiger partial charge in [0.05, 0.1) is 6.33 Å². The van der Waals surface area contributed by atoms with E-state index in [1.807, 2.05) is 12.5 Å². The third-order valence-corrected chi connectivity index (χ3v) is 4.37. The van der Waals surface area contributed by atoms with Crippen molar-refractivity contribution in [2.45, 2.75) is 57.9 Å². The predicted octanol–water partition coefficient (Wildman–Crippen LogP) is 2.87. The van der Waals surface area contributed by atoms with E-state index in [9.17, 15) is 0 Å². The van der Waals surface area contributed by atoms with Gasteiger partial charge < -0.3 is 10.3 Å². The van der Waals surface area contributed by atoms with Crippen LogP contribution in [0.1, 0.15) is 58.1 Å². The first kappa shape index (κ1) is 12.6. The van der Waals surface area contributed by atoms with E-state index >= 15 is 0 Å². The molecular formula is C14H25N3. The van der Waals surface area contributed by atoms with Crippen molar-refractivity contribution in [1.82, 2.24) is 9.55 Å². The molecule has 1 atom stereocenters. The van der Waals surface area contributed by atoms with Gasteiger partial charge in [-0.05, 0) is 25.7 Å². The van der Waals surface area contributed by atoms with E-state index < -0.39 is 0 Å². The molecule has 17 heavy (non-hydrogen) atoms. The summed E-state index contributed by atoms with van der Waals surface area (Å²) in [5.41, 5.74) is 7.53. The summed E-state index contributed by atoms with van der Waals surface area (Å²) in [5, 5.41) is 0. The van der Waals surface area contributed by atoms with Crippen LogP contribution in [0, 0.1) is 5.92 Å². The van der Waals surface area contributed by atoms with Crippen LogP contribution in [0.3, 0.4) is 0 Å². The van der Waals surface area contributed by atoms with Crippen LogP contribution in [-0.2, 0) is 5.54 Å². The first-order chi connectivity index (χ1) is 8.08. The Bertz CT molecular complexity index is 361. The second-order valence-electron chi connectivity index (χ2n) is 5.98. The first-order valence-electron chi connectivity index (χ1n) is 6.81. The minimum absolute atomic E-state index is 0.272. The van der Waals surface area contributed by atoms with Gasteiger partial charge >= 0.3 is 0 Å². The Kier molecular flexibility index (Phi) is 3.57. The molecule has 0 bridgehead atoms. The minimum atomic E-state index is 0.272. The molecule has 96 valence electrons. The smallest absolute Gasteiger partial charge is 0.0953 e. The number of nitrogens with two attached hydrogens (primary N) is 1. The summed E-state index contributed by atoms with van der Waals surface area (Å²) in [6.07, 6.45) is 9.23. The van der Waals surface area contributed by atoms with E-state index in [4.69, 9.17) is 5.73 Å². The van der Waals surface area contributed by atoms with Crippen LogP contribution in [0.25, 0.3) is 0 Å². The van der Waals surface area contributed by atoms with E-state index in [-0.39, 0.29) is 5.54 Å². The Balaban J connectivity index is 2.33. The summed E-state index contributed by atoms with van der Waals surface area (Å²) >= 11 is 0. The van der Waals surface area contributed by atoms with E-state index in [0.29, 0.717) is 18.4 Å². The van der Waals surface area contributed by atoms with Gasteiger partial charge in [-0.25, -0.2) is 4.98 Å². The molecule has 1 aromatic heterocycles. The van der Waals surface area contributed by atoms with Gasteiger partial charge in [-0.3, -0.25) is 0 Å². The SMILES string of the molecule is CC(C)C(CN)c1cncn1C1(C)CCCC1. The van der Waals surface area contributed by atoms with Crippen LogP contribution in [0.4, 0.5) is 0 Å². The fraction of sp³-hybridized carbons (Fsp3) is 0.786. The van der Waals surface area contributed by atoms with E-state index in [1.54, 1.807) is 0 Å². The normalized spacial score (nSPS) is 21.0. The molecule has 2 N–H and O–H groups in total. The zero-order valence-electron chi connectivity index (χ0n) is 11.3. The summed E-state index contributed by atoms with van der Waals surface area (Å²) in [6, 6.07) is 0. The molecule has 1 heterocycles. The van der Waals surface area contributed by atoms with Gasteiger partial charge in [0, 0.05) is 29.9 Å². The van der Waals surface area contributed by atoms with Gasteiger partial charge in [-0.1, -0.05) is 26.7 Å². The standard InChI is InChI=1S/C14H25N3/c1-11(2)12(8-15)13-9-16-10-17(13)14(3)6-4-5-7-14/h9-12H,4-8,15H2,1-3H3. The zero-order valence-corrected chi connectivity index (χ0v) is 11.3. The predicted molar refractivity (Wildman–Crippen MR) is 71.0 cm³/mol. The van der Waals surface area contributed by atoms with Crippen molar-refractivity contribution < 1.29 is 0 Å². The highest BCUT2D eigenvalue weighted by Gasteiger charge is 2.33.